The number of hydrogen-bond donors (Lipinski definition) is 1. The van der Waals surface area contributed by atoms with Crippen LogP contribution in [0.25, 0.3) is 16.8 Å². The molecule has 0 aliphatic carbocycles. The van der Waals surface area contributed by atoms with E-state index in [4.69, 9.17) is 0 Å². The molecule has 9 heteroatoms. The molecule has 1 aliphatic heterocycles. The molecule has 0 fully saturated rings. The predicted octanol–water partition coefficient (Wildman–Crippen LogP) is 2.72. The number of carbonyl (C=O) groups is 3. The summed E-state index contributed by atoms with van der Waals surface area (Å²) in [6.07, 6.45) is 3.53. The van der Waals surface area contributed by atoms with Crippen LogP contribution in [-0.4, -0.2) is 48.2 Å². The van der Waals surface area contributed by atoms with E-state index in [-0.39, 0.29) is 5.95 Å². The van der Waals surface area contributed by atoms with Gasteiger partial charge in [-0.05, 0) is 44.2 Å². The van der Waals surface area contributed by atoms with Gasteiger partial charge in [0, 0.05) is 29.2 Å². The molecule has 0 unspecified atom stereocenters. The maximum atomic E-state index is 12.8. The molecule has 4 heterocycles. The number of imide groups is 1. The molecule has 9 nitrogen and oxygen atoms in total. The van der Waals surface area contributed by atoms with Crippen molar-refractivity contribution in [3.63, 3.8) is 0 Å². The van der Waals surface area contributed by atoms with Gasteiger partial charge < -0.3 is 0 Å². The molecule has 1 atom stereocenters. The monoisotopic (exact) mass is 426 g/mol. The summed E-state index contributed by atoms with van der Waals surface area (Å²) in [5.74, 6) is -1.46. The third-order valence-electron chi connectivity index (χ3n) is 5.48. The Kier molecular flexibility index (Phi) is 4.51. The molecule has 3 aromatic heterocycles. The molecule has 0 saturated heterocycles. The molecule has 1 N–H and O–H groups in total. The van der Waals surface area contributed by atoms with Crippen molar-refractivity contribution >= 4 is 29.3 Å². The van der Waals surface area contributed by atoms with E-state index in [0.717, 1.165) is 21.7 Å². The lowest BCUT2D eigenvalue weighted by Gasteiger charge is -2.20. The van der Waals surface area contributed by atoms with Gasteiger partial charge in [0.1, 0.15) is 6.04 Å². The van der Waals surface area contributed by atoms with Crippen LogP contribution in [0.5, 0.6) is 0 Å². The van der Waals surface area contributed by atoms with E-state index in [1.54, 1.807) is 47.2 Å². The van der Waals surface area contributed by atoms with Crippen molar-refractivity contribution in [3.05, 3.63) is 77.7 Å². The van der Waals surface area contributed by atoms with E-state index >= 15 is 0 Å². The van der Waals surface area contributed by atoms with Crippen molar-refractivity contribution in [2.45, 2.75) is 19.9 Å². The molecule has 32 heavy (non-hydrogen) atoms. The van der Waals surface area contributed by atoms with E-state index in [2.05, 4.69) is 20.4 Å². The van der Waals surface area contributed by atoms with Crippen LogP contribution in [0.2, 0.25) is 0 Å². The number of rotatable bonds is 4. The first-order valence-corrected chi connectivity index (χ1v) is 10.0. The number of aromatic nitrogens is 4. The minimum Gasteiger partial charge on any atom is -0.291 e. The standard InChI is InChI=1S/C23H18N6O3/c1-13-16(8-5-11-24-13)15-9-10-19-25-23(27-28(19)12-15)26-20(30)14(2)29-21(31)17-6-3-4-7-18(17)22(29)32/h3-12,14H,1-2H3,(H,26,27,30)/t14-/m1/s1. The minimum absolute atomic E-state index is 0.0820. The molecule has 1 aromatic carbocycles. The molecule has 1 aliphatic rings. The number of amides is 3. The molecule has 0 bridgehead atoms. The maximum Gasteiger partial charge on any atom is 0.262 e. The third kappa shape index (κ3) is 3.11. The highest BCUT2D eigenvalue weighted by Gasteiger charge is 2.40. The fourth-order valence-corrected chi connectivity index (χ4v) is 3.78. The number of nitrogens with one attached hydrogen (secondary N) is 1. The molecule has 0 spiro atoms. The van der Waals surface area contributed by atoms with E-state index in [1.165, 1.54) is 6.92 Å². The number of aryl methyl sites for hydroxylation is 1. The van der Waals surface area contributed by atoms with Gasteiger partial charge in [-0.1, -0.05) is 18.2 Å². The number of pyridine rings is 2. The molecule has 158 valence electrons. The number of nitrogens with zero attached hydrogens (tertiary/aromatic N) is 5. The molecule has 4 aromatic rings. The van der Waals surface area contributed by atoms with Crippen LogP contribution in [0.3, 0.4) is 0 Å². The summed E-state index contributed by atoms with van der Waals surface area (Å²) in [5.41, 5.74) is 3.89. The van der Waals surface area contributed by atoms with Crippen LogP contribution < -0.4 is 5.32 Å². The smallest absolute Gasteiger partial charge is 0.262 e. The summed E-state index contributed by atoms with van der Waals surface area (Å²) in [7, 11) is 0. The van der Waals surface area contributed by atoms with Crippen molar-refractivity contribution in [2.75, 3.05) is 5.32 Å². The summed E-state index contributed by atoms with van der Waals surface area (Å²) in [5, 5.41) is 6.93. The van der Waals surface area contributed by atoms with Gasteiger partial charge in [-0.3, -0.25) is 29.6 Å². The van der Waals surface area contributed by atoms with Crippen LogP contribution in [0.4, 0.5) is 5.95 Å². The first kappa shape index (κ1) is 19.6. The van der Waals surface area contributed by atoms with Gasteiger partial charge in [-0.25, -0.2) is 4.52 Å². The number of carbonyl (C=O) groups excluding carboxylic acids is 3. The predicted molar refractivity (Wildman–Crippen MR) is 116 cm³/mol. The lowest BCUT2D eigenvalue weighted by atomic mass is 10.1. The zero-order chi connectivity index (χ0) is 22.4. The maximum absolute atomic E-state index is 12.8. The van der Waals surface area contributed by atoms with Gasteiger partial charge >= 0.3 is 0 Å². The van der Waals surface area contributed by atoms with Crippen molar-refractivity contribution < 1.29 is 14.4 Å². The second-order valence-corrected chi connectivity index (χ2v) is 7.48. The topological polar surface area (TPSA) is 110 Å². The minimum atomic E-state index is -1.03. The van der Waals surface area contributed by atoms with E-state index in [0.29, 0.717) is 16.8 Å². The lowest BCUT2D eigenvalue weighted by molar-refractivity contribution is -0.119. The molecule has 5 rings (SSSR count). The third-order valence-corrected chi connectivity index (χ3v) is 5.48. The van der Waals surface area contributed by atoms with Crippen LogP contribution in [-0.2, 0) is 4.79 Å². The fraction of sp³-hybridized carbons (Fsp3) is 0.130. The molecular formula is C23H18N6O3. The fourth-order valence-electron chi connectivity index (χ4n) is 3.78. The summed E-state index contributed by atoms with van der Waals surface area (Å²) >= 11 is 0. The second kappa shape index (κ2) is 7.38. The Morgan fingerprint density at radius 2 is 1.66 bits per heavy atom. The van der Waals surface area contributed by atoms with Crippen LogP contribution in [0.15, 0.2) is 60.9 Å². The van der Waals surface area contributed by atoms with Crippen molar-refractivity contribution in [1.29, 1.82) is 0 Å². The van der Waals surface area contributed by atoms with E-state index < -0.39 is 23.8 Å². The summed E-state index contributed by atoms with van der Waals surface area (Å²) in [6, 6.07) is 13.0. The van der Waals surface area contributed by atoms with Gasteiger partial charge in [0.15, 0.2) is 5.65 Å². The zero-order valence-electron chi connectivity index (χ0n) is 17.3. The number of hydrogen-bond acceptors (Lipinski definition) is 6. The van der Waals surface area contributed by atoms with Gasteiger partial charge in [0.25, 0.3) is 11.8 Å². The highest BCUT2D eigenvalue weighted by Crippen LogP contribution is 2.25. The summed E-state index contributed by atoms with van der Waals surface area (Å²) in [6.45, 7) is 3.42. The Balaban J connectivity index is 1.38. The summed E-state index contributed by atoms with van der Waals surface area (Å²) in [4.78, 5) is 47.6. The normalized spacial score (nSPS) is 14.0. The van der Waals surface area contributed by atoms with Crippen LogP contribution in [0, 0.1) is 6.92 Å². The van der Waals surface area contributed by atoms with Gasteiger partial charge in [0.05, 0.1) is 11.1 Å². The molecule has 3 amide bonds. The second-order valence-electron chi connectivity index (χ2n) is 7.48. The Bertz CT molecular complexity index is 1370. The number of fused-ring (bicyclic) bond motifs is 2. The largest absolute Gasteiger partial charge is 0.291 e. The average Bonchev–Trinajstić information content (AvgIpc) is 3.31. The molecule has 0 saturated carbocycles. The van der Waals surface area contributed by atoms with E-state index in [1.807, 2.05) is 25.1 Å². The van der Waals surface area contributed by atoms with Gasteiger partial charge in [-0.15, -0.1) is 5.10 Å². The first-order valence-electron chi connectivity index (χ1n) is 10.0. The SMILES string of the molecule is Cc1ncccc1-c1ccc2nc(NC(=O)[C@@H](C)N3C(=O)c4ccccc4C3=O)nn2c1. The average molecular weight is 426 g/mol. The van der Waals surface area contributed by atoms with Crippen molar-refractivity contribution in [2.24, 2.45) is 0 Å². The van der Waals surface area contributed by atoms with Crippen molar-refractivity contribution in [1.82, 2.24) is 24.5 Å². The Morgan fingerprint density at radius 3 is 2.34 bits per heavy atom. The Labute approximate surface area is 182 Å². The summed E-state index contributed by atoms with van der Waals surface area (Å²) < 4.78 is 1.56. The van der Waals surface area contributed by atoms with Gasteiger partial charge in [0.2, 0.25) is 11.9 Å². The first-order chi connectivity index (χ1) is 15.4. The zero-order valence-corrected chi connectivity index (χ0v) is 17.3. The quantitative estimate of drug-likeness (QED) is 0.503. The highest BCUT2D eigenvalue weighted by molar-refractivity contribution is 6.23. The molecular weight excluding hydrogens is 408 g/mol. The van der Waals surface area contributed by atoms with Crippen LogP contribution >= 0.6 is 0 Å². The Hall–Kier alpha value is -4.40. The lowest BCUT2D eigenvalue weighted by Crippen LogP contribution is -2.45. The van der Waals surface area contributed by atoms with Gasteiger partial charge in [-0.2, -0.15) is 4.98 Å². The van der Waals surface area contributed by atoms with Crippen molar-refractivity contribution in [3.8, 4) is 11.1 Å². The van der Waals surface area contributed by atoms with Crippen LogP contribution in [0.1, 0.15) is 33.3 Å². The number of anilines is 1. The number of benzene rings is 1. The Morgan fingerprint density at radius 1 is 0.969 bits per heavy atom. The molecule has 0 radical (unpaired) electrons. The highest BCUT2D eigenvalue weighted by atomic mass is 16.2. The van der Waals surface area contributed by atoms with E-state index in [9.17, 15) is 14.4 Å².